The van der Waals surface area contributed by atoms with Gasteiger partial charge in [0.25, 0.3) is 0 Å². The number of anilines is 1. The number of amides is 1. The molecule has 1 unspecified atom stereocenters. The Morgan fingerprint density at radius 2 is 2.37 bits per heavy atom. The Kier molecular flexibility index (Phi) is 4.31. The first-order chi connectivity index (χ1) is 9.10. The second-order valence-electron chi connectivity index (χ2n) is 4.44. The van der Waals surface area contributed by atoms with Gasteiger partial charge < -0.3 is 0 Å². The summed E-state index contributed by atoms with van der Waals surface area (Å²) in [5.74, 6) is 1.41. The van der Waals surface area contributed by atoms with Gasteiger partial charge in [-0.05, 0) is 18.1 Å². The second kappa shape index (κ2) is 5.97. The smallest absolute Gasteiger partial charge is 0.228 e. The quantitative estimate of drug-likeness (QED) is 0.781. The molecule has 0 radical (unpaired) electrons. The Morgan fingerprint density at radius 1 is 1.58 bits per heavy atom. The SMILES string of the molecule is CC(=O)SCC1CC(=O)N(c2ccc(C=O)cn2)C1. The van der Waals surface area contributed by atoms with Crippen LogP contribution in [0.25, 0.3) is 0 Å². The summed E-state index contributed by atoms with van der Waals surface area (Å²) in [5, 5.41) is 0.0689. The third-order valence-electron chi connectivity index (χ3n) is 2.91. The van der Waals surface area contributed by atoms with E-state index in [1.807, 2.05) is 0 Å². The van der Waals surface area contributed by atoms with Crippen LogP contribution in [0.1, 0.15) is 23.7 Å². The number of carbonyl (C=O) groups is 3. The van der Waals surface area contributed by atoms with Crippen LogP contribution < -0.4 is 4.90 Å². The molecule has 0 spiro atoms. The number of hydrogen-bond acceptors (Lipinski definition) is 5. The fourth-order valence-electron chi connectivity index (χ4n) is 1.98. The van der Waals surface area contributed by atoms with Crippen molar-refractivity contribution in [3.63, 3.8) is 0 Å². The molecule has 1 aromatic heterocycles. The Morgan fingerprint density at radius 3 is 2.95 bits per heavy atom. The molecule has 0 bridgehead atoms. The van der Waals surface area contributed by atoms with Gasteiger partial charge in [-0.1, -0.05) is 11.8 Å². The number of pyridine rings is 1. The lowest BCUT2D eigenvalue weighted by Gasteiger charge is -2.15. The van der Waals surface area contributed by atoms with Crippen molar-refractivity contribution in [1.29, 1.82) is 0 Å². The molecule has 1 aliphatic rings. The van der Waals surface area contributed by atoms with Gasteiger partial charge >= 0.3 is 0 Å². The molecule has 1 atom stereocenters. The van der Waals surface area contributed by atoms with Crippen molar-refractivity contribution in [2.75, 3.05) is 17.2 Å². The van der Waals surface area contributed by atoms with Gasteiger partial charge in [0.05, 0.1) is 0 Å². The molecule has 1 amide bonds. The zero-order valence-corrected chi connectivity index (χ0v) is 11.4. The minimum atomic E-state index is 0.0144. The predicted molar refractivity (Wildman–Crippen MR) is 73.2 cm³/mol. The van der Waals surface area contributed by atoms with Crippen LogP contribution in [0.2, 0.25) is 0 Å². The van der Waals surface area contributed by atoms with Crippen LogP contribution in [-0.4, -0.2) is 34.6 Å². The van der Waals surface area contributed by atoms with Crippen LogP contribution >= 0.6 is 11.8 Å². The highest BCUT2D eigenvalue weighted by Gasteiger charge is 2.31. The van der Waals surface area contributed by atoms with E-state index in [0.717, 1.165) is 6.29 Å². The van der Waals surface area contributed by atoms with E-state index >= 15 is 0 Å². The highest BCUT2D eigenvalue weighted by atomic mass is 32.2. The summed E-state index contributed by atoms with van der Waals surface area (Å²) in [6.45, 7) is 2.10. The normalized spacial score (nSPS) is 18.7. The van der Waals surface area contributed by atoms with Gasteiger partial charge in [-0.2, -0.15) is 0 Å². The molecular formula is C13H14N2O3S. The largest absolute Gasteiger partial charge is 0.298 e. The van der Waals surface area contributed by atoms with E-state index in [1.165, 1.54) is 24.9 Å². The third kappa shape index (κ3) is 3.41. The van der Waals surface area contributed by atoms with E-state index in [-0.39, 0.29) is 16.9 Å². The number of nitrogens with zero attached hydrogens (tertiary/aromatic N) is 2. The molecule has 100 valence electrons. The van der Waals surface area contributed by atoms with Crippen molar-refractivity contribution in [1.82, 2.24) is 4.98 Å². The number of aldehydes is 1. The highest BCUT2D eigenvalue weighted by Crippen LogP contribution is 2.26. The number of aromatic nitrogens is 1. The van der Waals surface area contributed by atoms with Gasteiger partial charge in [0.15, 0.2) is 11.4 Å². The lowest BCUT2D eigenvalue weighted by Crippen LogP contribution is -2.25. The maximum atomic E-state index is 11.9. The second-order valence-corrected chi connectivity index (χ2v) is 5.64. The Balaban J connectivity index is 2.02. The number of carbonyl (C=O) groups excluding carboxylic acids is 3. The molecular weight excluding hydrogens is 264 g/mol. The molecule has 0 aliphatic carbocycles. The first-order valence-corrected chi connectivity index (χ1v) is 6.93. The van der Waals surface area contributed by atoms with E-state index in [1.54, 1.807) is 17.0 Å². The summed E-state index contributed by atoms with van der Waals surface area (Å²) in [7, 11) is 0. The maximum absolute atomic E-state index is 11.9. The first kappa shape index (κ1) is 13.7. The number of thioether (sulfide) groups is 1. The fraction of sp³-hybridized carbons (Fsp3) is 0.385. The van der Waals surface area contributed by atoms with E-state index < -0.39 is 0 Å². The molecule has 2 rings (SSSR count). The molecule has 1 fully saturated rings. The molecule has 1 aliphatic heterocycles. The van der Waals surface area contributed by atoms with Gasteiger partial charge in [0, 0.05) is 37.4 Å². The Bertz CT molecular complexity index is 501. The van der Waals surface area contributed by atoms with Crippen molar-refractivity contribution < 1.29 is 14.4 Å². The zero-order valence-electron chi connectivity index (χ0n) is 10.5. The van der Waals surface area contributed by atoms with Crippen LogP contribution in [0, 0.1) is 5.92 Å². The van der Waals surface area contributed by atoms with Crippen LogP contribution in [0.4, 0.5) is 5.82 Å². The highest BCUT2D eigenvalue weighted by molar-refractivity contribution is 8.13. The molecule has 19 heavy (non-hydrogen) atoms. The van der Waals surface area contributed by atoms with Crippen LogP contribution in [-0.2, 0) is 9.59 Å². The topological polar surface area (TPSA) is 67.3 Å². The van der Waals surface area contributed by atoms with Crippen molar-refractivity contribution in [2.24, 2.45) is 5.92 Å². The van der Waals surface area contributed by atoms with Gasteiger partial charge in [-0.3, -0.25) is 19.3 Å². The lowest BCUT2D eigenvalue weighted by atomic mass is 10.1. The van der Waals surface area contributed by atoms with Crippen molar-refractivity contribution >= 4 is 34.9 Å². The summed E-state index contributed by atoms with van der Waals surface area (Å²) in [6.07, 6.45) is 2.61. The van der Waals surface area contributed by atoms with Gasteiger partial charge in [-0.25, -0.2) is 4.98 Å². The third-order valence-corrected chi connectivity index (χ3v) is 3.96. The summed E-state index contributed by atoms with van der Waals surface area (Å²) in [4.78, 5) is 39.1. The Hall–Kier alpha value is -1.69. The first-order valence-electron chi connectivity index (χ1n) is 5.95. The predicted octanol–water partition coefficient (Wildman–Crippen LogP) is 1.53. The molecule has 5 nitrogen and oxygen atoms in total. The van der Waals surface area contributed by atoms with E-state index in [9.17, 15) is 14.4 Å². The fourth-order valence-corrected chi connectivity index (χ4v) is 2.67. The van der Waals surface area contributed by atoms with Crippen LogP contribution in [0.3, 0.4) is 0 Å². The number of rotatable bonds is 4. The van der Waals surface area contributed by atoms with Crippen molar-refractivity contribution in [2.45, 2.75) is 13.3 Å². The molecule has 0 aromatic carbocycles. The van der Waals surface area contributed by atoms with Crippen molar-refractivity contribution in [3.05, 3.63) is 23.9 Å². The standard InChI is InChI=1S/C13H14N2O3S/c1-9(17)19-8-11-4-13(18)15(6-11)12-3-2-10(7-16)5-14-12/h2-3,5,7,11H,4,6,8H2,1H3. The molecule has 0 N–H and O–H groups in total. The molecule has 2 heterocycles. The summed E-state index contributed by atoms with van der Waals surface area (Å²) in [5.41, 5.74) is 0.485. The minimum Gasteiger partial charge on any atom is -0.298 e. The maximum Gasteiger partial charge on any atom is 0.228 e. The Labute approximate surface area is 115 Å². The average molecular weight is 278 g/mol. The molecule has 1 saturated heterocycles. The zero-order chi connectivity index (χ0) is 13.8. The van der Waals surface area contributed by atoms with E-state index in [0.29, 0.717) is 30.1 Å². The monoisotopic (exact) mass is 278 g/mol. The minimum absolute atomic E-state index is 0.0144. The number of hydrogen-bond donors (Lipinski definition) is 0. The lowest BCUT2D eigenvalue weighted by molar-refractivity contribution is -0.117. The van der Waals surface area contributed by atoms with E-state index in [4.69, 9.17) is 0 Å². The van der Waals surface area contributed by atoms with Gasteiger partial charge in [0.2, 0.25) is 5.91 Å². The van der Waals surface area contributed by atoms with Crippen LogP contribution in [0.15, 0.2) is 18.3 Å². The summed E-state index contributed by atoms with van der Waals surface area (Å²) in [6, 6.07) is 3.31. The van der Waals surface area contributed by atoms with Crippen molar-refractivity contribution in [3.8, 4) is 0 Å². The average Bonchev–Trinajstić information content (AvgIpc) is 2.78. The summed E-state index contributed by atoms with van der Waals surface area (Å²) < 4.78 is 0. The van der Waals surface area contributed by atoms with Gasteiger partial charge in [0.1, 0.15) is 5.82 Å². The van der Waals surface area contributed by atoms with Crippen LogP contribution in [0.5, 0.6) is 0 Å². The molecule has 0 saturated carbocycles. The molecule has 6 heteroatoms. The van der Waals surface area contributed by atoms with E-state index in [2.05, 4.69) is 4.98 Å². The summed E-state index contributed by atoms with van der Waals surface area (Å²) >= 11 is 1.25. The van der Waals surface area contributed by atoms with Gasteiger partial charge in [-0.15, -0.1) is 0 Å². The molecule has 1 aromatic rings.